The molecule has 1 saturated heterocycles. The molecule has 2 unspecified atom stereocenters. The molecule has 2 rings (SSSR count). The van der Waals surface area contributed by atoms with Gasteiger partial charge in [0.05, 0.1) is 0 Å². The van der Waals surface area contributed by atoms with E-state index in [0.29, 0.717) is 6.04 Å². The molecule has 1 aliphatic heterocycles. The molecule has 2 nitrogen and oxygen atoms in total. The van der Waals surface area contributed by atoms with Gasteiger partial charge in [-0.3, -0.25) is 4.90 Å². The van der Waals surface area contributed by atoms with Crippen LogP contribution in [0.4, 0.5) is 0 Å². The molecule has 0 aliphatic carbocycles. The molecule has 2 atom stereocenters. The number of hydrogen-bond acceptors (Lipinski definition) is 2. The molecule has 0 spiro atoms. The van der Waals surface area contributed by atoms with Crippen molar-refractivity contribution >= 4 is 0 Å². The van der Waals surface area contributed by atoms with Gasteiger partial charge in [0.1, 0.15) is 0 Å². The molecule has 0 amide bonds. The highest BCUT2D eigenvalue weighted by Crippen LogP contribution is 2.24. The SMILES string of the molecule is CCc1ccc(CN2CCCC(C)C2CN)cc1. The Bertz CT molecular complexity index is 358. The average molecular weight is 246 g/mol. The minimum Gasteiger partial charge on any atom is -0.329 e. The first-order valence-electron chi connectivity index (χ1n) is 7.26. The zero-order chi connectivity index (χ0) is 13.0. The number of piperidine rings is 1. The predicted octanol–water partition coefficient (Wildman–Crippen LogP) is 2.81. The first-order chi connectivity index (χ1) is 8.74. The average Bonchev–Trinajstić information content (AvgIpc) is 2.40. The normalized spacial score (nSPS) is 25.3. The third-order valence-electron chi connectivity index (χ3n) is 4.29. The van der Waals surface area contributed by atoms with Crippen LogP contribution in [0.5, 0.6) is 0 Å². The Morgan fingerprint density at radius 1 is 1.22 bits per heavy atom. The molecule has 0 radical (unpaired) electrons. The van der Waals surface area contributed by atoms with Gasteiger partial charge in [0.2, 0.25) is 0 Å². The summed E-state index contributed by atoms with van der Waals surface area (Å²) in [6.45, 7) is 7.57. The van der Waals surface area contributed by atoms with E-state index in [-0.39, 0.29) is 0 Å². The van der Waals surface area contributed by atoms with Gasteiger partial charge in [-0.1, -0.05) is 38.1 Å². The van der Waals surface area contributed by atoms with Gasteiger partial charge in [-0.15, -0.1) is 0 Å². The van der Waals surface area contributed by atoms with Crippen LogP contribution in [0.1, 0.15) is 37.8 Å². The van der Waals surface area contributed by atoms with Crippen LogP contribution in [-0.4, -0.2) is 24.0 Å². The molecule has 1 aromatic carbocycles. The van der Waals surface area contributed by atoms with Gasteiger partial charge in [0.15, 0.2) is 0 Å². The van der Waals surface area contributed by atoms with Gasteiger partial charge >= 0.3 is 0 Å². The Labute approximate surface area is 111 Å². The fraction of sp³-hybridized carbons (Fsp3) is 0.625. The summed E-state index contributed by atoms with van der Waals surface area (Å²) in [7, 11) is 0. The molecular formula is C16H26N2. The summed E-state index contributed by atoms with van der Waals surface area (Å²) < 4.78 is 0. The second-order valence-corrected chi connectivity index (χ2v) is 5.56. The summed E-state index contributed by atoms with van der Waals surface area (Å²) in [6, 6.07) is 9.60. The first-order valence-corrected chi connectivity index (χ1v) is 7.26. The van der Waals surface area contributed by atoms with E-state index in [1.165, 1.54) is 30.5 Å². The van der Waals surface area contributed by atoms with Crippen LogP contribution >= 0.6 is 0 Å². The van der Waals surface area contributed by atoms with Gasteiger partial charge < -0.3 is 5.73 Å². The smallest absolute Gasteiger partial charge is 0.0247 e. The topological polar surface area (TPSA) is 29.3 Å². The van der Waals surface area contributed by atoms with Crippen LogP contribution in [0.25, 0.3) is 0 Å². The zero-order valence-corrected chi connectivity index (χ0v) is 11.7. The van der Waals surface area contributed by atoms with Crippen molar-refractivity contribution in [3.63, 3.8) is 0 Å². The Morgan fingerprint density at radius 2 is 1.89 bits per heavy atom. The molecule has 0 aromatic heterocycles. The molecule has 2 N–H and O–H groups in total. The van der Waals surface area contributed by atoms with E-state index in [2.05, 4.69) is 43.0 Å². The summed E-state index contributed by atoms with van der Waals surface area (Å²) >= 11 is 0. The zero-order valence-electron chi connectivity index (χ0n) is 11.7. The summed E-state index contributed by atoms with van der Waals surface area (Å²) in [5.74, 6) is 0.735. The van der Waals surface area contributed by atoms with Crippen molar-refractivity contribution < 1.29 is 0 Å². The lowest BCUT2D eigenvalue weighted by atomic mass is 9.90. The van der Waals surface area contributed by atoms with Crippen molar-refractivity contribution in [2.45, 2.75) is 45.7 Å². The summed E-state index contributed by atoms with van der Waals surface area (Å²) in [4.78, 5) is 2.56. The lowest BCUT2D eigenvalue weighted by molar-refractivity contribution is 0.0991. The highest BCUT2D eigenvalue weighted by Gasteiger charge is 2.26. The van der Waals surface area contributed by atoms with Crippen LogP contribution in [0.15, 0.2) is 24.3 Å². The minimum absolute atomic E-state index is 0.560. The van der Waals surface area contributed by atoms with Gasteiger partial charge in [0.25, 0.3) is 0 Å². The monoisotopic (exact) mass is 246 g/mol. The largest absolute Gasteiger partial charge is 0.329 e. The van der Waals surface area contributed by atoms with E-state index < -0.39 is 0 Å². The van der Waals surface area contributed by atoms with Gasteiger partial charge in [0, 0.05) is 19.1 Å². The highest BCUT2D eigenvalue weighted by molar-refractivity contribution is 5.22. The van der Waals surface area contributed by atoms with Crippen LogP contribution in [0, 0.1) is 5.92 Å². The standard InChI is InChI=1S/C16H26N2/c1-3-14-6-8-15(9-7-14)12-18-10-4-5-13(2)16(18)11-17/h6-9,13,16H,3-5,10-12,17H2,1-2H3. The van der Waals surface area contributed by atoms with Crippen LogP contribution in [0.3, 0.4) is 0 Å². The van der Waals surface area contributed by atoms with Crippen molar-refractivity contribution in [3.05, 3.63) is 35.4 Å². The minimum atomic E-state index is 0.560. The lowest BCUT2D eigenvalue weighted by Crippen LogP contribution is -2.47. The van der Waals surface area contributed by atoms with E-state index in [1.54, 1.807) is 0 Å². The molecule has 1 aliphatic rings. The maximum Gasteiger partial charge on any atom is 0.0247 e. The van der Waals surface area contributed by atoms with Crippen molar-refractivity contribution in [3.8, 4) is 0 Å². The number of aryl methyl sites for hydroxylation is 1. The van der Waals surface area contributed by atoms with Gasteiger partial charge in [-0.05, 0) is 42.9 Å². The molecule has 1 heterocycles. The van der Waals surface area contributed by atoms with E-state index >= 15 is 0 Å². The maximum absolute atomic E-state index is 5.94. The predicted molar refractivity (Wildman–Crippen MR) is 77.5 cm³/mol. The molecule has 1 fully saturated rings. The number of benzene rings is 1. The van der Waals surface area contributed by atoms with Crippen molar-refractivity contribution in [1.82, 2.24) is 4.90 Å². The molecule has 100 valence electrons. The third kappa shape index (κ3) is 3.12. The third-order valence-corrected chi connectivity index (χ3v) is 4.29. The molecule has 1 aromatic rings. The molecule has 0 saturated carbocycles. The second-order valence-electron chi connectivity index (χ2n) is 5.56. The van der Waals surface area contributed by atoms with Crippen LogP contribution in [-0.2, 0) is 13.0 Å². The summed E-state index contributed by atoms with van der Waals surface area (Å²) in [6.07, 6.45) is 3.75. The molecule has 2 heteroatoms. The summed E-state index contributed by atoms with van der Waals surface area (Å²) in [5.41, 5.74) is 8.78. The van der Waals surface area contributed by atoms with Gasteiger partial charge in [-0.2, -0.15) is 0 Å². The Morgan fingerprint density at radius 3 is 2.50 bits per heavy atom. The second kappa shape index (κ2) is 6.35. The number of nitrogens with zero attached hydrogens (tertiary/aromatic N) is 1. The lowest BCUT2D eigenvalue weighted by Gasteiger charge is -2.39. The fourth-order valence-electron chi connectivity index (χ4n) is 3.03. The van der Waals surface area contributed by atoms with Crippen molar-refractivity contribution in [1.29, 1.82) is 0 Å². The number of likely N-dealkylation sites (tertiary alicyclic amines) is 1. The fourth-order valence-corrected chi connectivity index (χ4v) is 3.03. The number of rotatable bonds is 4. The van der Waals surface area contributed by atoms with Crippen molar-refractivity contribution in [2.75, 3.05) is 13.1 Å². The Kier molecular flexibility index (Phi) is 4.79. The van der Waals surface area contributed by atoms with Gasteiger partial charge in [-0.25, -0.2) is 0 Å². The summed E-state index contributed by atoms with van der Waals surface area (Å²) in [5, 5.41) is 0. The van der Waals surface area contributed by atoms with E-state index in [9.17, 15) is 0 Å². The molecule has 18 heavy (non-hydrogen) atoms. The maximum atomic E-state index is 5.94. The van der Waals surface area contributed by atoms with Crippen LogP contribution < -0.4 is 5.73 Å². The van der Waals surface area contributed by atoms with E-state index in [0.717, 1.165) is 25.4 Å². The van der Waals surface area contributed by atoms with E-state index in [1.807, 2.05) is 0 Å². The van der Waals surface area contributed by atoms with E-state index in [4.69, 9.17) is 5.73 Å². The number of nitrogens with two attached hydrogens (primary N) is 1. The molecular weight excluding hydrogens is 220 g/mol. The molecule has 0 bridgehead atoms. The first kappa shape index (κ1) is 13.6. The van der Waals surface area contributed by atoms with Crippen molar-refractivity contribution in [2.24, 2.45) is 11.7 Å². The highest BCUT2D eigenvalue weighted by atomic mass is 15.2. The Balaban J connectivity index is 2.02. The Hall–Kier alpha value is -0.860. The van der Waals surface area contributed by atoms with Crippen LogP contribution in [0.2, 0.25) is 0 Å². The number of hydrogen-bond donors (Lipinski definition) is 1. The quantitative estimate of drug-likeness (QED) is 0.885.